The summed E-state index contributed by atoms with van der Waals surface area (Å²) < 4.78 is 29.9. The SMILES string of the molecule is CCCn1nc(C)cc1NC(=O)Cn1nc(C)c2c(C(F)F)cc(C)nc21. The minimum Gasteiger partial charge on any atom is -0.309 e. The molecule has 0 atom stereocenters. The van der Waals surface area contributed by atoms with Crippen molar-refractivity contribution in [1.29, 1.82) is 0 Å². The van der Waals surface area contributed by atoms with Gasteiger partial charge in [-0.1, -0.05) is 6.92 Å². The number of nitrogens with one attached hydrogen (secondary N) is 1. The van der Waals surface area contributed by atoms with E-state index in [0.29, 0.717) is 29.1 Å². The maximum Gasteiger partial charge on any atom is 0.264 e. The molecule has 0 bridgehead atoms. The Morgan fingerprint density at radius 2 is 1.89 bits per heavy atom. The molecule has 3 aromatic rings. The number of hydrogen-bond donors (Lipinski definition) is 1. The molecule has 0 fully saturated rings. The molecule has 1 amide bonds. The third-order valence-electron chi connectivity index (χ3n) is 4.17. The van der Waals surface area contributed by atoms with E-state index < -0.39 is 6.43 Å². The lowest BCUT2D eigenvalue weighted by molar-refractivity contribution is -0.116. The summed E-state index contributed by atoms with van der Waals surface area (Å²) in [4.78, 5) is 16.8. The van der Waals surface area contributed by atoms with Crippen molar-refractivity contribution in [3.05, 3.63) is 34.8 Å². The molecule has 3 aromatic heterocycles. The summed E-state index contributed by atoms with van der Waals surface area (Å²) in [5, 5.41) is 11.7. The second-order valence-corrected chi connectivity index (χ2v) is 6.54. The summed E-state index contributed by atoms with van der Waals surface area (Å²) in [6, 6.07) is 3.15. The predicted molar refractivity (Wildman–Crippen MR) is 97.8 cm³/mol. The van der Waals surface area contributed by atoms with Gasteiger partial charge in [-0.05, 0) is 33.3 Å². The van der Waals surface area contributed by atoms with Gasteiger partial charge in [-0.15, -0.1) is 0 Å². The van der Waals surface area contributed by atoms with Crippen LogP contribution in [-0.2, 0) is 17.9 Å². The maximum atomic E-state index is 13.4. The quantitative estimate of drug-likeness (QED) is 0.714. The average Bonchev–Trinajstić information content (AvgIpc) is 3.07. The summed E-state index contributed by atoms with van der Waals surface area (Å²) in [5.41, 5.74) is 1.86. The summed E-state index contributed by atoms with van der Waals surface area (Å²) in [6.45, 7) is 7.72. The molecule has 0 aliphatic heterocycles. The molecular weight excluding hydrogens is 354 g/mol. The fourth-order valence-corrected chi connectivity index (χ4v) is 3.15. The van der Waals surface area contributed by atoms with Crippen LogP contribution in [-0.4, -0.2) is 30.5 Å². The number of amides is 1. The molecule has 9 heteroatoms. The van der Waals surface area contributed by atoms with Crippen LogP contribution in [0.5, 0.6) is 0 Å². The number of fused-ring (bicyclic) bond motifs is 1. The van der Waals surface area contributed by atoms with Crippen LogP contribution in [0.25, 0.3) is 11.0 Å². The largest absolute Gasteiger partial charge is 0.309 e. The zero-order valence-corrected chi connectivity index (χ0v) is 15.8. The fraction of sp³-hybridized carbons (Fsp3) is 0.444. The zero-order chi connectivity index (χ0) is 19.7. The van der Waals surface area contributed by atoms with E-state index in [2.05, 4.69) is 20.5 Å². The molecule has 0 radical (unpaired) electrons. The highest BCUT2D eigenvalue weighted by molar-refractivity contribution is 5.91. The molecule has 0 aromatic carbocycles. The van der Waals surface area contributed by atoms with Gasteiger partial charge >= 0.3 is 0 Å². The van der Waals surface area contributed by atoms with Gasteiger partial charge in [0.1, 0.15) is 12.4 Å². The molecule has 3 heterocycles. The third-order valence-corrected chi connectivity index (χ3v) is 4.17. The summed E-state index contributed by atoms with van der Waals surface area (Å²) in [5.74, 6) is 0.281. The molecule has 0 unspecified atom stereocenters. The molecule has 1 N–H and O–H groups in total. The lowest BCUT2D eigenvalue weighted by Gasteiger charge is -2.09. The number of nitrogens with zero attached hydrogens (tertiary/aromatic N) is 5. The minimum atomic E-state index is -2.63. The van der Waals surface area contributed by atoms with E-state index in [0.717, 1.165) is 12.1 Å². The third kappa shape index (κ3) is 3.81. The number of carbonyl (C=O) groups excluding carboxylic acids is 1. The minimum absolute atomic E-state index is 0.113. The molecule has 0 spiro atoms. The van der Waals surface area contributed by atoms with Crippen LogP contribution in [0.4, 0.5) is 14.6 Å². The van der Waals surface area contributed by atoms with Gasteiger partial charge in [0.25, 0.3) is 6.43 Å². The van der Waals surface area contributed by atoms with E-state index in [9.17, 15) is 13.6 Å². The Hall–Kier alpha value is -2.84. The van der Waals surface area contributed by atoms with Gasteiger partial charge in [-0.2, -0.15) is 10.2 Å². The van der Waals surface area contributed by atoms with Gasteiger partial charge in [0.15, 0.2) is 5.65 Å². The highest BCUT2D eigenvalue weighted by atomic mass is 19.3. The molecule has 0 aliphatic rings. The Kier molecular flexibility index (Phi) is 5.20. The Balaban J connectivity index is 1.90. The molecular formula is C18H22F2N6O. The van der Waals surface area contributed by atoms with Crippen molar-refractivity contribution in [2.45, 2.75) is 53.6 Å². The molecule has 0 saturated carbocycles. The van der Waals surface area contributed by atoms with Gasteiger partial charge in [-0.3, -0.25) is 4.79 Å². The van der Waals surface area contributed by atoms with Crippen molar-refractivity contribution < 1.29 is 13.6 Å². The number of halogens is 2. The number of anilines is 1. The number of pyridine rings is 1. The van der Waals surface area contributed by atoms with Crippen LogP contribution in [0, 0.1) is 20.8 Å². The summed E-state index contributed by atoms with van der Waals surface area (Å²) >= 11 is 0. The first-order valence-electron chi connectivity index (χ1n) is 8.77. The monoisotopic (exact) mass is 376 g/mol. The Morgan fingerprint density at radius 1 is 1.15 bits per heavy atom. The molecule has 0 saturated heterocycles. The first kappa shape index (κ1) is 18.9. The van der Waals surface area contributed by atoms with Gasteiger partial charge in [-0.25, -0.2) is 23.1 Å². The fourth-order valence-electron chi connectivity index (χ4n) is 3.15. The van der Waals surface area contributed by atoms with E-state index in [1.807, 2.05) is 13.8 Å². The van der Waals surface area contributed by atoms with Gasteiger partial charge in [0.05, 0.1) is 16.8 Å². The highest BCUT2D eigenvalue weighted by Gasteiger charge is 2.21. The Bertz CT molecular complexity index is 992. The first-order chi connectivity index (χ1) is 12.8. The Labute approximate surface area is 155 Å². The van der Waals surface area contributed by atoms with Crippen LogP contribution in [0.3, 0.4) is 0 Å². The summed E-state index contributed by atoms with van der Waals surface area (Å²) in [6.07, 6.45) is -1.75. The van der Waals surface area contributed by atoms with Gasteiger partial charge in [0.2, 0.25) is 5.91 Å². The molecule has 144 valence electrons. The van der Waals surface area contributed by atoms with E-state index in [1.54, 1.807) is 24.6 Å². The lowest BCUT2D eigenvalue weighted by atomic mass is 10.1. The molecule has 3 rings (SSSR count). The van der Waals surface area contributed by atoms with Crippen LogP contribution in [0.1, 0.15) is 42.4 Å². The van der Waals surface area contributed by atoms with Crippen LogP contribution in [0.2, 0.25) is 0 Å². The van der Waals surface area contributed by atoms with Gasteiger partial charge < -0.3 is 5.32 Å². The number of rotatable bonds is 6. The molecule has 7 nitrogen and oxygen atoms in total. The number of aryl methyl sites for hydroxylation is 4. The zero-order valence-electron chi connectivity index (χ0n) is 15.8. The molecule has 27 heavy (non-hydrogen) atoms. The van der Waals surface area contributed by atoms with Crippen LogP contribution in [0.15, 0.2) is 12.1 Å². The smallest absolute Gasteiger partial charge is 0.264 e. The average molecular weight is 376 g/mol. The van der Waals surface area contributed by atoms with Crippen molar-refractivity contribution in [3.8, 4) is 0 Å². The van der Waals surface area contributed by atoms with Crippen LogP contribution < -0.4 is 5.32 Å². The van der Waals surface area contributed by atoms with E-state index >= 15 is 0 Å². The number of aromatic nitrogens is 5. The predicted octanol–water partition coefficient (Wildman–Crippen LogP) is 3.54. The first-order valence-corrected chi connectivity index (χ1v) is 8.77. The van der Waals surface area contributed by atoms with Crippen LogP contribution >= 0.6 is 0 Å². The van der Waals surface area contributed by atoms with E-state index in [-0.39, 0.29) is 23.7 Å². The van der Waals surface area contributed by atoms with Crippen molar-refractivity contribution >= 4 is 22.8 Å². The summed E-state index contributed by atoms with van der Waals surface area (Å²) in [7, 11) is 0. The standard InChI is InChI=1S/C18H22F2N6O/c1-5-6-25-14(8-11(3)23-25)22-15(27)9-26-18-16(12(4)24-26)13(17(19)20)7-10(2)21-18/h7-8,17H,5-6,9H2,1-4H3,(H,22,27). The van der Waals surface area contributed by atoms with Crippen molar-refractivity contribution in [1.82, 2.24) is 24.5 Å². The number of carbonyl (C=O) groups is 1. The lowest BCUT2D eigenvalue weighted by Crippen LogP contribution is -2.21. The Morgan fingerprint density at radius 3 is 2.56 bits per heavy atom. The van der Waals surface area contributed by atoms with E-state index in [4.69, 9.17) is 0 Å². The maximum absolute atomic E-state index is 13.4. The number of hydrogen-bond acceptors (Lipinski definition) is 4. The van der Waals surface area contributed by atoms with Crippen molar-refractivity contribution in [2.24, 2.45) is 0 Å². The highest BCUT2D eigenvalue weighted by Crippen LogP contribution is 2.29. The molecule has 0 aliphatic carbocycles. The number of alkyl halides is 2. The second-order valence-electron chi connectivity index (χ2n) is 6.54. The topological polar surface area (TPSA) is 77.6 Å². The second kappa shape index (κ2) is 7.42. The van der Waals surface area contributed by atoms with Crippen molar-refractivity contribution in [2.75, 3.05) is 5.32 Å². The normalized spacial score (nSPS) is 11.5. The van der Waals surface area contributed by atoms with Crippen molar-refractivity contribution in [3.63, 3.8) is 0 Å². The van der Waals surface area contributed by atoms with E-state index in [1.165, 1.54) is 10.7 Å². The van der Waals surface area contributed by atoms with Gasteiger partial charge in [0, 0.05) is 23.9 Å².